The van der Waals surface area contributed by atoms with Crippen LogP contribution in [0.3, 0.4) is 0 Å². The van der Waals surface area contributed by atoms with Crippen LogP contribution in [0.25, 0.3) is 0 Å². The van der Waals surface area contributed by atoms with Crippen LogP contribution in [0.5, 0.6) is 0 Å². The predicted octanol–water partition coefficient (Wildman–Crippen LogP) is 1.13. The number of nitrogens with zero attached hydrogens (tertiary/aromatic N) is 4. The first-order valence-corrected chi connectivity index (χ1v) is 8.76. The van der Waals surface area contributed by atoms with Crippen LogP contribution < -0.4 is 10.2 Å². The highest BCUT2D eigenvalue weighted by molar-refractivity contribution is 5.92. The number of aryl methyl sites for hydroxylation is 1. The molecule has 2 heterocycles. The van der Waals surface area contributed by atoms with E-state index in [0.29, 0.717) is 37.8 Å². The molecule has 2 aliphatic rings. The van der Waals surface area contributed by atoms with Gasteiger partial charge in [-0.3, -0.25) is 9.59 Å². The molecule has 2 fully saturated rings. The van der Waals surface area contributed by atoms with Crippen molar-refractivity contribution in [3.63, 3.8) is 0 Å². The van der Waals surface area contributed by atoms with Gasteiger partial charge in [-0.25, -0.2) is 9.97 Å². The van der Waals surface area contributed by atoms with E-state index in [1.165, 1.54) is 19.3 Å². The van der Waals surface area contributed by atoms with Crippen LogP contribution in [0, 0.1) is 6.92 Å². The van der Waals surface area contributed by atoms with Gasteiger partial charge < -0.3 is 15.1 Å². The first-order chi connectivity index (χ1) is 11.7. The standard InChI is InChI=1S/C17H25N5O2/c1-13-11-15(16(24)19-14-5-3-2-4-6-14)20-17(18-13)22-9-7-21(12-23)8-10-22/h11-12,14H,2-10H2,1H3,(H,19,24). The van der Waals surface area contributed by atoms with Crippen molar-refractivity contribution in [2.24, 2.45) is 0 Å². The number of carbonyl (C=O) groups is 2. The molecule has 0 unspecified atom stereocenters. The normalized spacial score (nSPS) is 19.2. The molecule has 1 aromatic heterocycles. The Kier molecular flexibility index (Phi) is 5.27. The van der Waals surface area contributed by atoms with Gasteiger partial charge in [0.25, 0.3) is 5.91 Å². The molecule has 0 bridgehead atoms. The average Bonchev–Trinajstić information content (AvgIpc) is 2.62. The minimum atomic E-state index is -0.111. The molecule has 0 radical (unpaired) electrons. The predicted molar refractivity (Wildman–Crippen MR) is 91.0 cm³/mol. The van der Waals surface area contributed by atoms with Crippen LogP contribution in [0.1, 0.15) is 48.3 Å². The van der Waals surface area contributed by atoms with Gasteiger partial charge in [0.2, 0.25) is 12.4 Å². The molecule has 130 valence electrons. The molecule has 0 atom stereocenters. The molecular weight excluding hydrogens is 306 g/mol. The zero-order valence-corrected chi connectivity index (χ0v) is 14.2. The fraction of sp³-hybridized carbons (Fsp3) is 0.647. The van der Waals surface area contributed by atoms with E-state index >= 15 is 0 Å². The summed E-state index contributed by atoms with van der Waals surface area (Å²) in [4.78, 5) is 36.0. The van der Waals surface area contributed by atoms with Crippen LogP contribution in [0.2, 0.25) is 0 Å². The van der Waals surface area contributed by atoms with E-state index in [1.807, 2.05) is 11.8 Å². The van der Waals surface area contributed by atoms with E-state index in [0.717, 1.165) is 24.9 Å². The second-order valence-electron chi connectivity index (χ2n) is 6.63. The van der Waals surface area contributed by atoms with Gasteiger partial charge in [-0.15, -0.1) is 0 Å². The summed E-state index contributed by atoms with van der Waals surface area (Å²) in [6.45, 7) is 4.57. The molecule has 1 saturated heterocycles. The minimum Gasteiger partial charge on any atom is -0.348 e. The highest BCUT2D eigenvalue weighted by Crippen LogP contribution is 2.18. The Hall–Kier alpha value is -2.18. The zero-order valence-electron chi connectivity index (χ0n) is 14.2. The van der Waals surface area contributed by atoms with Crippen molar-refractivity contribution in [3.05, 3.63) is 17.5 Å². The van der Waals surface area contributed by atoms with E-state index < -0.39 is 0 Å². The van der Waals surface area contributed by atoms with Crippen LogP contribution in [-0.4, -0.2) is 59.4 Å². The van der Waals surface area contributed by atoms with Gasteiger partial charge in [0.1, 0.15) is 5.69 Å². The fourth-order valence-electron chi connectivity index (χ4n) is 3.34. The Morgan fingerprint density at radius 2 is 1.88 bits per heavy atom. The van der Waals surface area contributed by atoms with Crippen molar-refractivity contribution in [1.29, 1.82) is 0 Å². The summed E-state index contributed by atoms with van der Waals surface area (Å²) in [5, 5.41) is 3.11. The summed E-state index contributed by atoms with van der Waals surface area (Å²) < 4.78 is 0. The summed E-state index contributed by atoms with van der Waals surface area (Å²) in [6.07, 6.45) is 6.60. The molecule has 24 heavy (non-hydrogen) atoms. The van der Waals surface area contributed by atoms with Crippen LogP contribution in [0.4, 0.5) is 5.95 Å². The van der Waals surface area contributed by atoms with Gasteiger partial charge in [0, 0.05) is 37.9 Å². The van der Waals surface area contributed by atoms with Crippen molar-refractivity contribution >= 4 is 18.3 Å². The topological polar surface area (TPSA) is 78.4 Å². The Morgan fingerprint density at radius 3 is 2.54 bits per heavy atom. The zero-order chi connectivity index (χ0) is 16.9. The molecule has 7 nitrogen and oxygen atoms in total. The Morgan fingerprint density at radius 1 is 1.17 bits per heavy atom. The van der Waals surface area contributed by atoms with Crippen LogP contribution in [-0.2, 0) is 4.79 Å². The number of rotatable bonds is 4. The lowest BCUT2D eigenvalue weighted by Gasteiger charge is -2.32. The highest BCUT2D eigenvalue weighted by atomic mass is 16.2. The number of nitrogens with one attached hydrogen (secondary N) is 1. The first kappa shape index (κ1) is 16.7. The summed E-state index contributed by atoms with van der Waals surface area (Å²) in [5.41, 5.74) is 1.22. The number of carbonyl (C=O) groups excluding carboxylic acids is 2. The Bertz CT molecular complexity index is 593. The fourth-order valence-corrected chi connectivity index (χ4v) is 3.34. The maximum atomic E-state index is 12.5. The van der Waals surface area contributed by atoms with E-state index in [9.17, 15) is 9.59 Å². The first-order valence-electron chi connectivity index (χ1n) is 8.76. The lowest BCUT2D eigenvalue weighted by molar-refractivity contribution is -0.118. The summed E-state index contributed by atoms with van der Waals surface area (Å²) in [5.74, 6) is 0.467. The van der Waals surface area contributed by atoms with E-state index in [-0.39, 0.29) is 11.9 Å². The van der Waals surface area contributed by atoms with Gasteiger partial charge >= 0.3 is 0 Å². The molecule has 1 aliphatic heterocycles. The highest BCUT2D eigenvalue weighted by Gasteiger charge is 2.21. The van der Waals surface area contributed by atoms with Crippen molar-refractivity contribution in [3.8, 4) is 0 Å². The lowest BCUT2D eigenvalue weighted by Crippen LogP contribution is -2.46. The van der Waals surface area contributed by atoms with Crippen molar-refractivity contribution in [1.82, 2.24) is 20.2 Å². The average molecular weight is 331 g/mol. The molecule has 0 aromatic carbocycles. The van der Waals surface area contributed by atoms with Gasteiger partial charge in [0.15, 0.2) is 0 Å². The molecule has 1 aromatic rings. The van der Waals surface area contributed by atoms with Gasteiger partial charge in [-0.1, -0.05) is 19.3 Å². The maximum Gasteiger partial charge on any atom is 0.270 e. The van der Waals surface area contributed by atoms with Crippen LogP contribution >= 0.6 is 0 Å². The molecule has 1 saturated carbocycles. The molecule has 1 aliphatic carbocycles. The van der Waals surface area contributed by atoms with Crippen molar-refractivity contribution in [2.45, 2.75) is 45.1 Å². The Balaban J connectivity index is 1.69. The van der Waals surface area contributed by atoms with Crippen molar-refractivity contribution < 1.29 is 9.59 Å². The van der Waals surface area contributed by atoms with E-state index in [4.69, 9.17) is 0 Å². The molecule has 2 amide bonds. The summed E-state index contributed by atoms with van der Waals surface area (Å²) >= 11 is 0. The molecular formula is C17H25N5O2. The maximum absolute atomic E-state index is 12.5. The second-order valence-corrected chi connectivity index (χ2v) is 6.63. The second kappa shape index (κ2) is 7.59. The third-order valence-electron chi connectivity index (χ3n) is 4.76. The molecule has 1 N–H and O–H groups in total. The quantitative estimate of drug-likeness (QED) is 0.837. The SMILES string of the molecule is Cc1cc(C(=O)NC2CCCCC2)nc(N2CCN(C=O)CC2)n1. The number of hydrogen-bond donors (Lipinski definition) is 1. The van der Waals surface area contributed by atoms with Crippen molar-refractivity contribution in [2.75, 3.05) is 31.1 Å². The lowest BCUT2D eigenvalue weighted by atomic mass is 9.95. The molecule has 0 spiro atoms. The molecule has 3 rings (SSSR count). The van der Waals surface area contributed by atoms with E-state index in [1.54, 1.807) is 11.0 Å². The van der Waals surface area contributed by atoms with Crippen LogP contribution in [0.15, 0.2) is 6.07 Å². The smallest absolute Gasteiger partial charge is 0.270 e. The monoisotopic (exact) mass is 331 g/mol. The number of aromatic nitrogens is 2. The summed E-state index contributed by atoms with van der Waals surface area (Å²) in [6, 6.07) is 2.00. The number of piperazine rings is 1. The summed E-state index contributed by atoms with van der Waals surface area (Å²) in [7, 11) is 0. The van der Waals surface area contributed by atoms with Gasteiger partial charge in [0.05, 0.1) is 0 Å². The number of amides is 2. The number of anilines is 1. The van der Waals surface area contributed by atoms with E-state index in [2.05, 4.69) is 15.3 Å². The third kappa shape index (κ3) is 4.01. The largest absolute Gasteiger partial charge is 0.348 e. The third-order valence-corrected chi connectivity index (χ3v) is 4.76. The Labute approximate surface area is 142 Å². The molecule has 7 heteroatoms. The van der Waals surface area contributed by atoms with Gasteiger partial charge in [-0.2, -0.15) is 0 Å². The minimum absolute atomic E-state index is 0.111. The number of hydrogen-bond acceptors (Lipinski definition) is 5. The van der Waals surface area contributed by atoms with Gasteiger partial charge in [-0.05, 0) is 25.8 Å².